The normalized spacial score (nSPS) is 12.2. The Hall–Kier alpha value is -5.03. The van der Waals surface area contributed by atoms with E-state index in [9.17, 15) is 19.7 Å². The number of fused-ring (bicyclic) bond motifs is 2. The fraction of sp³-hybridized carbons (Fsp3) is 0.143. The Morgan fingerprint density at radius 3 is 2.70 bits per heavy atom. The van der Waals surface area contributed by atoms with Crippen molar-refractivity contribution < 1.29 is 23.6 Å². The number of esters is 1. The van der Waals surface area contributed by atoms with Gasteiger partial charge in [0.2, 0.25) is 11.6 Å². The van der Waals surface area contributed by atoms with Crippen LogP contribution in [0.5, 0.6) is 5.75 Å². The zero-order valence-electron chi connectivity index (χ0n) is 21.2. The van der Waals surface area contributed by atoms with Crippen LogP contribution in [-0.4, -0.2) is 39.5 Å². The lowest BCUT2D eigenvalue weighted by Crippen LogP contribution is -2.27. The zero-order valence-corrected chi connectivity index (χ0v) is 22.0. The third kappa shape index (κ3) is 5.14. The number of hydrogen-bond acceptors (Lipinski definition) is 9. The second kappa shape index (κ2) is 11.0. The van der Waals surface area contributed by atoms with Gasteiger partial charge in [-0.1, -0.05) is 41.9 Å². The van der Waals surface area contributed by atoms with Crippen LogP contribution in [0.2, 0.25) is 5.02 Å². The topological polar surface area (TPSA) is 139 Å². The Morgan fingerprint density at radius 2 is 1.95 bits per heavy atom. The molecule has 0 saturated heterocycles. The number of carbonyl (C=O) groups excluding carboxylic acids is 1. The molecule has 0 amide bonds. The quantitative estimate of drug-likeness (QED) is 0.104. The molecule has 0 aliphatic carbocycles. The minimum atomic E-state index is -1.18. The number of nitro benzene ring substituents is 1. The van der Waals surface area contributed by atoms with Crippen LogP contribution in [0.15, 0.2) is 81.0 Å². The Labute approximate surface area is 231 Å². The molecule has 202 valence electrons. The summed E-state index contributed by atoms with van der Waals surface area (Å²) in [5.74, 6) is -0.594. The van der Waals surface area contributed by atoms with Gasteiger partial charge in [0.1, 0.15) is 5.58 Å². The largest absolute Gasteiger partial charge is 0.471 e. The first-order valence-electron chi connectivity index (χ1n) is 12.1. The molecule has 0 N–H and O–H groups in total. The van der Waals surface area contributed by atoms with Crippen LogP contribution in [0.4, 0.5) is 5.69 Å². The summed E-state index contributed by atoms with van der Waals surface area (Å²) in [5, 5.41) is 17.3. The molecular weight excluding hydrogens is 540 g/mol. The van der Waals surface area contributed by atoms with E-state index in [4.69, 9.17) is 25.5 Å². The van der Waals surface area contributed by atoms with E-state index in [1.54, 1.807) is 43.3 Å². The van der Waals surface area contributed by atoms with Gasteiger partial charge in [-0.15, -0.1) is 0 Å². The molecule has 0 fully saturated rings. The molecular formula is C28H21ClN4O7. The van der Waals surface area contributed by atoms with Crippen LogP contribution in [0.25, 0.3) is 33.5 Å². The molecule has 0 bridgehead atoms. The highest BCUT2D eigenvalue weighted by Gasteiger charge is 2.26. The highest BCUT2D eigenvalue weighted by Crippen LogP contribution is 2.35. The summed E-state index contributed by atoms with van der Waals surface area (Å²) in [4.78, 5) is 41.5. The Balaban J connectivity index is 1.68. The first-order chi connectivity index (χ1) is 19.3. The minimum absolute atomic E-state index is 0.0192. The van der Waals surface area contributed by atoms with Crippen LogP contribution >= 0.6 is 11.6 Å². The molecule has 40 heavy (non-hydrogen) atoms. The van der Waals surface area contributed by atoms with Crippen LogP contribution in [0.3, 0.4) is 0 Å². The molecule has 0 aliphatic heterocycles. The molecule has 11 nitrogen and oxygen atoms in total. The Kier molecular flexibility index (Phi) is 7.30. The number of ether oxygens (including phenoxy) is 2. The lowest BCUT2D eigenvalue weighted by molar-refractivity contribution is -0.386. The molecule has 2 aromatic heterocycles. The van der Waals surface area contributed by atoms with Gasteiger partial charge in [-0.3, -0.25) is 14.9 Å². The van der Waals surface area contributed by atoms with Gasteiger partial charge in [0.15, 0.2) is 11.9 Å². The molecule has 5 aromatic rings. The molecule has 1 atom stereocenters. The summed E-state index contributed by atoms with van der Waals surface area (Å²) in [6.45, 7) is 3.13. The van der Waals surface area contributed by atoms with Gasteiger partial charge in [0.05, 0.1) is 28.6 Å². The van der Waals surface area contributed by atoms with Crippen molar-refractivity contribution >= 4 is 51.3 Å². The number of rotatable bonds is 8. The second-order valence-electron chi connectivity index (χ2n) is 8.58. The number of halogens is 1. The number of nitrogens with zero attached hydrogens (tertiary/aromatic N) is 4. The first kappa shape index (κ1) is 26.6. The van der Waals surface area contributed by atoms with Crippen LogP contribution < -0.4 is 10.3 Å². The number of aromatic nitrogens is 2. The number of hydrogen-bond donors (Lipinski definition) is 0. The van der Waals surface area contributed by atoms with Gasteiger partial charge in [-0.2, -0.15) is 9.78 Å². The van der Waals surface area contributed by atoms with Crippen molar-refractivity contribution in [2.75, 3.05) is 6.61 Å². The minimum Gasteiger partial charge on any atom is -0.471 e. The molecule has 0 radical (unpaired) electrons. The molecule has 0 spiro atoms. The van der Waals surface area contributed by atoms with Crippen molar-refractivity contribution in [2.45, 2.75) is 20.0 Å². The van der Waals surface area contributed by atoms with Crippen molar-refractivity contribution in [3.63, 3.8) is 0 Å². The molecule has 0 saturated carbocycles. The number of furan rings is 1. The molecule has 0 aliphatic rings. The highest BCUT2D eigenvalue weighted by molar-refractivity contribution is 6.31. The van der Waals surface area contributed by atoms with E-state index < -0.39 is 28.2 Å². The standard InChI is InChI=1S/C28H21ClN4O7/c1-3-38-28(35)16(2)39-25-18(12-19(29)14-22(25)33(36)37)15-30-32-26(24-13-17-8-4-7-11-23(17)40-24)31-21-10-6-5-9-20(21)27(32)34/h4-16H,3H2,1-2H3/t16-/m1/s1. The van der Waals surface area contributed by atoms with Crippen molar-refractivity contribution in [3.8, 4) is 17.3 Å². The van der Waals surface area contributed by atoms with Gasteiger partial charge < -0.3 is 13.9 Å². The SMILES string of the molecule is CCOC(=O)[C@@H](C)Oc1c(C=Nn2c(-c3cc4ccccc4o3)nc3ccccc3c2=O)cc(Cl)cc1[N+](=O)[O-]. The second-order valence-corrected chi connectivity index (χ2v) is 9.01. The van der Waals surface area contributed by atoms with E-state index in [2.05, 4.69) is 10.1 Å². The smallest absolute Gasteiger partial charge is 0.347 e. The van der Waals surface area contributed by atoms with Crippen molar-refractivity contribution in [1.82, 2.24) is 9.66 Å². The Bertz CT molecular complexity index is 1830. The fourth-order valence-corrected chi connectivity index (χ4v) is 4.27. The summed E-state index contributed by atoms with van der Waals surface area (Å²) in [6.07, 6.45) is -0.000964. The van der Waals surface area contributed by atoms with E-state index in [-0.39, 0.29) is 34.5 Å². The van der Waals surface area contributed by atoms with E-state index in [0.29, 0.717) is 16.5 Å². The molecule has 2 heterocycles. The number of para-hydroxylation sites is 2. The maximum absolute atomic E-state index is 13.6. The summed E-state index contributed by atoms with van der Waals surface area (Å²) in [7, 11) is 0. The lowest BCUT2D eigenvalue weighted by Gasteiger charge is -2.15. The lowest BCUT2D eigenvalue weighted by atomic mass is 10.2. The molecule has 12 heteroatoms. The third-order valence-corrected chi connectivity index (χ3v) is 6.10. The van der Waals surface area contributed by atoms with Gasteiger partial charge in [-0.05, 0) is 44.2 Å². The maximum atomic E-state index is 13.6. The summed E-state index contributed by atoms with van der Waals surface area (Å²) in [5.41, 5.74) is 0.0679. The predicted octanol–water partition coefficient (Wildman–Crippen LogP) is 5.58. The monoisotopic (exact) mass is 560 g/mol. The van der Waals surface area contributed by atoms with Gasteiger partial charge in [0.25, 0.3) is 5.56 Å². The van der Waals surface area contributed by atoms with Crippen LogP contribution in [0.1, 0.15) is 19.4 Å². The molecule has 5 rings (SSSR count). The summed E-state index contributed by atoms with van der Waals surface area (Å²) < 4.78 is 17.6. The third-order valence-electron chi connectivity index (χ3n) is 5.88. The maximum Gasteiger partial charge on any atom is 0.347 e. The Morgan fingerprint density at radius 1 is 1.20 bits per heavy atom. The average Bonchev–Trinajstić information content (AvgIpc) is 3.37. The molecule has 0 unspecified atom stereocenters. The number of benzene rings is 3. The fourth-order valence-electron chi connectivity index (χ4n) is 4.05. The van der Waals surface area contributed by atoms with Crippen molar-refractivity contribution in [2.24, 2.45) is 5.10 Å². The predicted molar refractivity (Wildman–Crippen MR) is 149 cm³/mol. The van der Waals surface area contributed by atoms with Gasteiger partial charge >= 0.3 is 11.7 Å². The summed E-state index contributed by atoms with van der Waals surface area (Å²) in [6, 6.07) is 18.3. The van der Waals surface area contributed by atoms with Crippen molar-refractivity contribution in [3.05, 3.63) is 97.8 Å². The number of carbonyl (C=O) groups is 1. The van der Waals surface area contributed by atoms with Gasteiger partial charge in [-0.25, -0.2) is 9.78 Å². The van der Waals surface area contributed by atoms with E-state index in [1.165, 1.54) is 19.2 Å². The zero-order chi connectivity index (χ0) is 28.4. The summed E-state index contributed by atoms with van der Waals surface area (Å²) >= 11 is 6.17. The molecule has 3 aromatic carbocycles. The average molecular weight is 561 g/mol. The number of nitro groups is 1. The van der Waals surface area contributed by atoms with Crippen molar-refractivity contribution in [1.29, 1.82) is 0 Å². The van der Waals surface area contributed by atoms with E-state index >= 15 is 0 Å². The van der Waals surface area contributed by atoms with E-state index in [1.807, 2.05) is 18.2 Å². The van der Waals surface area contributed by atoms with E-state index in [0.717, 1.165) is 16.1 Å². The van der Waals surface area contributed by atoms with Crippen LogP contribution in [-0.2, 0) is 9.53 Å². The highest BCUT2D eigenvalue weighted by atomic mass is 35.5. The van der Waals surface area contributed by atoms with Gasteiger partial charge in [0, 0.05) is 22.0 Å². The first-order valence-corrected chi connectivity index (χ1v) is 12.5. The van der Waals surface area contributed by atoms with Crippen LogP contribution in [0, 0.1) is 10.1 Å².